The molecule has 0 aliphatic carbocycles. The highest BCUT2D eigenvalue weighted by Gasteiger charge is 2.30. The van der Waals surface area contributed by atoms with Crippen LogP contribution in [0.2, 0.25) is 0 Å². The number of hydrogen-bond acceptors (Lipinski definition) is 5. The van der Waals surface area contributed by atoms with Crippen LogP contribution in [0.25, 0.3) is 10.9 Å². The third kappa shape index (κ3) is 10.4. The predicted octanol–water partition coefficient (Wildman–Crippen LogP) is 5.29. The summed E-state index contributed by atoms with van der Waals surface area (Å²) in [6.45, 7) is 4.79. The number of amides is 1. The normalized spacial score (nSPS) is 11.5. The van der Waals surface area contributed by atoms with Crippen LogP contribution in [0.5, 0.6) is 0 Å². The lowest BCUT2D eigenvalue weighted by atomic mass is 10.1. The third-order valence-electron chi connectivity index (χ3n) is 6.15. The Kier molecular flexibility index (Phi) is 13.2. The average Bonchev–Trinajstić information content (AvgIpc) is 3.26. The van der Waals surface area contributed by atoms with Crippen LogP contribution in [-0.2, 0) is 11.3 Å². The van der Waals surface area contributed by atoms with Crippen molar-refractivity contribution in [2.24, 2.45) is 0 Å². The number of anilines is 3. The van der Waals surface area contributed by atoms with Crippen molar-refractivity contribution in [1.29, 1.82) is 0 Å². The molecule has 0 bridgehead atoms. The maximum Gasteiger partial charge on any atom is 0.406 e. The quantitative estimate of drug-likeness (QED) is 0.180. The second kappa shape index (κ2) is 16.3. The predicted molar refractivity (Wildman–Crippen MR) is 160 cm³/mol. The number of rotatable bonds is 12. The van der Waals surface area contributed by atoms with Crippen LogP contribution in [-0.4, -0.2) is 64.0 Å². The van der Waals surface area contributed by atoms with Crippen molar-refractivity contribution in [2.75, 3.05) is 56.3 Å². The van der Waals surface area contributed by atoms with Gasteiger partial charge in [0.2, 0.25) is 6.41 Å². The summed E-state index contributed by atoms with van der Waals surface area (Å²) in [5.74, 6) is 5.94. The summed E-state index contributed by atoms with van der Waals surface area (Å²) in [4.78, 5) is 11.3. The fourth-order valence-electron chi connectivity index (χ4n) is 4.02. The van der Waals surface area contributed by atoms with Crippen molar-refractivity contribution in [3.63, 3.8) is 0 Å². The van der Waals surface area contributed by atoms with Crippen LogP contribution in [0.1, 0.15) is 32.4 Å². The van der Waals surface area contributed by atoms with Gasteiger partial charge in [0.15, 0.2) is 0 Å². The van der Waals surface area contributed by atoms with Gasteiger partial charge >= 0.3 is 6.18 Å². The minimum atomic E-state index is -4.35. The highest BCUT2D eigenvalue weighted by atomic mass is 19.4. The first-order chi connectivity index (χ1) is 19.1. The van der Waals surface area contributed by atoms with E-state index in [2.05, 4.69) is 40.0 Å². The zero-order valence-corrected chi connectivity index (χ0v) is 24.0. The molecule has 218 valence electrons. The lowest BCUT2D eigenvalue weighted by Crippen LogP contribution is -2.23. The Bertz CT molecular complexity index is 1240. The molecular formula is C30H41F3N6O. The molecule has 2 aromatic carbocycles. The molecule has 40 heavy (non-hydrogen) atoms. The number of carbonyl (C=O) groups is 1. The number of halogens is 3. The Balaban J connectivity index is 0.00000103. The second-order valence-electron chi connectivity index (χ2n) is 9.38. The Hall–Kier alpha value is -3.84. The van der Waals surface area contributed by atoms with Crippen molar-refractivity contribution in [3.8, 4) is 11.8 Å². The lowest BCUT2D eigenvalue weighted by Gasteiger charge is -2.19. The van der Waals surface area contributed by atoms with Gasteiger partial charge in [0, 0.05) is 49.1 Å². The molecule has 3 aromatic rings. The van der Waals surface area contributed by atoms with E-state index in [1.165, 1.54) is 4.57 Å². The van der Waals surface area contributed by atoms with Crippen molar-refractivity contribution in [3.05, 3.63) is 54.2 Å². The number of nitrogens with zero attached hydrogens (tertiary/aromatic N) is 2. The number of nitrogens with one attached hydrogen (secondary N) is 4. The fraction of sp³-hybridized carbons (Fsp3) is 0.433. The highest BCUT2D eigenvalue weighted by Crippen LogP contribution is 2.31. The summed E-state index contributed by atoms with van der Waals surface area (Å²) in [6, 6.07) is 15.3. The molecule has 0 radical (unpaired) electrons. The van der Waals surface area contributed by atoms with Crippen molar-refractivity contribution in [2.45, 2.75) is 45.5 Å². The van der Waals surface area contributed by atoms with Gasteiger partial charge in [-0.05, 0) is 81.7 Å². The molecule has 0 saturated heterocycles. The first-order valence-corrected chi connectivity index (χ1v) is 13.4. The smallest absolute Gasteiger partial charge is 0.382 e. The van der Waals surface area contributed by atoms with E-state index in [0.717, 1.165) is 48.4 Å². The van der Waals surface area contributed by atoms with Crippen LogP contribution < -0.4 is 26.2 Å². The summed E-state index contributed by atoms with van der Waals surface area (Å²) in [6.07, 6.45) is -1.84. The lowest BCUT2D eigenvalue weighted by molar-refractivity contribution is -0.140. The van der Waals surface area contributed by atoms with Crippen LogP contribution in [0.15, 0.2) is 48.5 Å². The SMILES string of the molecule is CCC(CCNC)Nc1cccc2c1cc(C#CCNc1ccc(N(C)C)cc1)n2CC(F)(F)F.CCNC=O. The Labute approximate surface area is 235 Å². The number of aromatic nitrogens is 1. The molecule has 0 aliphatic rings. The minimum absolute atomic E-state index is 0.219. The third-order valence-corrected chi connectivity index (χ3v) is 6.15. The number of alkyl halides is 3. The molecule has 1 heterocycles. The van der Waals surface area contributed by atoms with Gasteiger partial charge in [0.1, 0.15) is 6.54 Å². The Morgan fingerprint density at radius 1 is 1.10 bits per heavy atom. The van der Waals surface area contributed by atoms with E-state index in [-0.39, 0.29) is 6.04 Å². The molecule has 7 nitrogen and oxygen atoms in total. The number of fused-ring (bicyclic) bond motifs is 1. The molecular weight excluding hydrogens is 517 g/mol. The first kappa shape index (κ1) is 32.4. The van der Waals surface area contributed by atoms with E-state index >= 15 is 0 Å². The van der Waals surface area contributed by atoms with E-state index in [0.29, 0.717) is 24.2 Å². The van der Waals surface area contributed by atoms with Gasteiger partial charge in [-0.15, -0.1) is 0 Å². The number of benzene rings is 2. The summed E-state index contributed by atoms with van der Waals surface area (Å²) >= 11 is 0. The molecule has 0 spiro atoms. The molecule has 4 N–H and O–H groups in total. The maximum absolute atomic E-state index is 13.4. The molecule has 1 unspecified atom stereocenters. The van der Waals surface area contributed by atoms with Crippen LogP contribution in [0.4, 0.5) is 30.2 Å². The molecule has 1 atom stereocenters. The maximum atomic E-state index is 13.4. The zero-order chi connectivity index (χ0) is 29.5. The Morgan fingerprint density at radius 2 is 1.82 bits per heavy atom. The van der Waals surface area contributed by atoms with Gasteiger partial charge in [-0.3, -0.25) is 4.79 Å². The average molecular weight is 559 g/mol. The fourth-order valence-corrected chi connectivity index (χ4v) is 4.02. The van der Waals surface area contributed by atoms with Gasteiger partial charge < -0.3 is 30.7 Å². The standard InChI is InChI=1S/C27H34F3N5.C3H7NO/c1-5-20(15-17-31-2)33-25-9-6-10-26-24(25)18-23(35(26)19-27(28,29)30)8-7-16-32-21-11-13-22(14-12-21)34(3)4;1-2-4-3-5/h6,9-14,18,20,31-33H,5,15-17,19H2,1-4H3;3H,2H2,1H3,(H,4,5). The van der Waals surface area contributed by atoms with Crippen molar-refractivity contribution in [1.82, 2.24) is 15.2 Å². The molecule has 0 fully saturated rings. The molecule has 1 amide bonds. The number of hydrogen-bond donors (Lipinski definition) is 4. The molecule has 10 heteroatoms. The van der Waals surface area contributed by atoms with Gasteiger partial charge in [-0.25, -0.2) is 0 Å². The van der Waals surface area contributed by atoms with Crippen LogP contribution in [0.3, 0.4) is 0 Å². The van der Waals surface area contributed by atoms with Gasteiger partial charge in [-0.2, -0.15) is 13.2 Å². The van der Waals surface area contributed by atoms with Crippen LogP contribution in [0, 0.1) is 11.8 Å². The number of carbonyl (C=O) groups excluding carboxylic acids is 1. The summed E-state index contributed by atoms with van der Waals surface area (Å²) in [5.41, 5.74) is 3.68. The highest BCUT2D eigenvalue weighted by molar-refractivity contribution is 5.94. The van der Waals surface area contributed by atoms with Crippen molar-refractivity contribution >= 4 is 34.4 Å². The molecule has 1 aromatic heterocycles. The minimum Gasteiger partial charge on any atom is -0.382 e. The molecule has 0 saturated carbocycles. The summed E-state index contributed by atoms with van der Waals surface area (Å²) in [5, 5.41) is 13.0. The van der Waals surface area contributed by atoms with Crippen molar-refractivity contribution < 1.29 is 18.0 Å². The van der Waals surface area contributed by atoms with Gasteiger partial charge in [0.25, 0.3) is 0 Å². The topological polar surface area (TPSA) is 73.4 Å². The van der Waals surface area contributed by atoms with E-state index in [9.17, 15) is 18.0 Å². The van der Waals surface area contributed by atoms with E-state index in [4.69, 9.17) is 0 Å². The van der Waals surface area contributed by atoms with Gasteiger partial charge in [0.05, 0.1) is 17.8 Å². The van der Waals surface area contributed by atoms with E-state index in [1.54, 1.807) is 18.2 Å². The largest absolute Gasteiger partial charge is 0.406 e. The van der Waals surface area contributed by atoms with E-state index < -0.39 is 12.7 Å². The Morgan fingerprint density at radius 3 is 2.38 bits per heavy atom. The molecule has 0 aliphatic heterocycles. The molecule has 3 rings (SSSR count). The second-order valence-corrected chi connectivity index (χ2v) is 9.38. The first-order valence-electron chi connectivity index (χ1n) is 13.4. The van der Waals surface area contributed by atoms with E-state index in [1.807, 2.05) is 63.3 Å². The summed E-state index contributed by atoms with van der Waals surface area (Å²) in [7, 11) is 5.85. The summed E-state index contributed by atoms with van der Waals surface area (Å²) < 4.78 is 41.5. The zero-order valence-electron chi connectivity index (χ0n) is 24.0. The van der Waals surface area contributed by atoms with Crippen LogP contribution >= 0.6 is 0 Å². The monoisotopic (exact) mass is 558 g/mol. The van der Waals surface area contributed by atoms with Gasteiger partial charge in [-0.1, -0.05) is 18.9 Å².